The molecule has 2 aromatic rings. The van der Waals surface area contributed by atoms with Crippen LogP contribution < -0.4 is 10.2 Å². The van der Waals surface area contributed by atoms with E-state index in [2.05, 4.69) is 22.0 Å². The lowest BCUT2D eigenvalue weighted by atomic mass is 10.1. The zero-order chi connectivity index (χ0) is 27.7. The van der Waals surface area contributed by atoms with Gasteiger partial charge in [-0.1, -0.05) is 6.07 Å². The van der Waals surface area contributed by atoms with E-state index in [1.54, 1.807) is 13.8 Å². The van der Waals surface area contributed by atoms with E-state index in [0.29, 0.717) is 54.6 Å². The first-order chi connectivity index (χ1) is 17.9. The van der Waals surface area contributed by atoms with Gasteiger partial charge in [-0.15, -0.1) is 0 Å². The lowest BCUT2D eigenvalue weighted by molar-refractivity contribution is -0.137. The molecule has 1 N–H and O–H groups in total. The van der Waals surface area contributed by atoms with Gasteiger partial charge in [0.25, 0.3) is 5.91 Å². The van der Waals surface area contributed by atoms with Gasteiger partial charge in [0.2, 0.25) is 0 Å². The van der Waals surface area contributed by atoms with Crippen LogP contribution in [0.3, 0.4) is 0 Å². The number of sulfone groups is 1. The predicted octanol–water partition coefficient (Wildman–Crippen LogP) is 3.53. The van der Waals surface area contributed by atoms with Crippen LogP contribution in [-0.4, -0.2) is 57.3 Å². The number of aromatic nitrogens is 2. The number of aliphatic imine (C=N–C) groups is 1. The van der Waals surface area contributed by atoms with Crippen molar-refractivity contribution in [3.8, 4) is 0 Å². The van der Waals surface area contributed by atoms with Gasteiger partial charge in [0, 0.05) is 41.2 Å². The summed E-state index contributed by atoms with van der Waals surface area (Å²) in [5.41, 5.74) is 0.925. The average Bonchev–Trinajstić information content (AvgIpc) is 3.20. The maximum absolute atomic E-state index is 13.1. The molecule has 0 radical (unpaired) electrons. The summed E-state index contributed by atoms with van der Waals surface area (Å²) in [7, 11) is -3.38. The maximum Gasteiger partial charge on any atom is 0.416 e. The molecule has 1 aromatic carbocycles. The van der Waals surface area contributed by atoms with Crippen LogP contribution in [0.2, 0.25) is 0 Å². The molecular formula is C25H26F3N5O4S. The van der Waals surface area contributed by atoms with E-state index in [1.807, 2.05) is 4.90 Å². The summed E-state index contributed by atoms with van der Waals surface area (Å²) < 4.78 is 69.5. The first-order valence-corrected chi connectivity index (χ1v) is 13.5. The topological polar surface area (TPSA) is 114 Å². The van der Waals surface area contributed by atoms with Gasteiger partial charge in [-0.05, 0) is 44.8 Å². The molecule has 4 rings (SSSR count). The van der Waals surface area contributed by atoms with Gasteiger partial charge in [0.05, 0.1) is 36.0 Å². The van der Waals surface area contributed by atoms with E-state index in [4.69, 9.17) is 9.72 Å². The third-order valence-electron chi connectivity index (χ3n) is 6.09. The number of morpholine rings is 1. The molecule has 0 saturated carbocycles. The lowest BCUT2D eigenvalue weighted by Crippen LogP contribution is -2.37. The van der Waals surface area contributed by atoms with Crippen LogP contribution in [0.1, 0.15) is 46.9 Å². The van der Waals surface area contributed by atoms with E-state index in [1.165, 1.54) is 12.1 Å². The van der Waals surface area contributed by atoms with E-state index in [-0.39, 0.29) is 28.6 Å². The van der Waals surface area contributed by atoms with Crippen molar-refractivity contribution in [1.29, 1.82) is 0 Å². The van der Waals surface area contributed by atoms with Crippen LogP contribution in [-0.2, 0) is 32.3 Å². The summed E-state index contributed by atoms with van der Waals surface area (Å²) in [4.78, 5) is 27.8. The summed E-state index contributed by atoms with van der Waals surface area (Å²) >= 11 is 0. The Balaban J connectivity index is 1.70. The number of nitrogens with zero attached hydrogens (tertiary/aromatic N) is 4. The third-order valence-corrected chi connectivity index (χ3v) is 7.54. The number of fused-ring (bicyclic) bond motifs is 1. The fourth-order valence-electron chi connectivity index (χ4n) is 4.18. The first-order valence-electron chi connectivity index (χ1n) is 11.7. The number of alkyl halides is 3. The van der Waals surface area contributed by atoms with Crippen molar-refractivity contribution < 1.29 is 31.1 Å². The van der Waals surface area contributed by atoms with Crippen molar-refractivity contribution in [3.05, 3.63) is 69.9 Å². The van der Waals surface area contributed by atoms with Crippen LogP contribution in [0.5, 0.6) is 0 Å². The highest BCUT2D eigenvalue weighted by Crippen LogP contribution is 2.34. The van der Waals surface area contributed by atoms with Crippen LogP contribution >= 0.6 is 0 Å². The second-order valence-electron chi connectivity index (χ2n) is 8.94. The number of rotatable bonds is 6. The summed E-state index contributed by atoms with van der Waals surface area (Å²) in [6, 6.07) is 4.10. The predicted molar refractivity (Wildman–Crippen MR) is 136 cm³/mol. The molecule has 0 spiro atoms. The first kappa shape index (κ1) is 27.5. The van der Waals surface area contributed by atoms with Gasteiger partial charge in [0.15, 0.2) is 15.7 Å². The number of hydrogen-bond acceptors (Lipinski definition) is 8. The molecule has 0 atom stereocenters. The minimum atomic E-state index is -4.58. The summed E-state index contributed by atoms with van der Waals surface area (Å²) in [6.07, 6.45) is -3.05. The Morgan fingerprint density at radius 1 is 1.18 bits per heavy atom. The second-order valence-corrected chi connectivity index (χ2v) is 11.0. The Kier molecular flexibility index (Phi) is 7.70. The molecular weight excluding hydrogens is 523 g/mol. The summed E-state index contributed by atoms with van der Waals surface area (Å²) in [6.45, 7) is 8.77. The van der Waals surface area contributed by atoms with E-state index >= 15 is 0 Å². The largest absolute Gasteiger partial charge is 0.416 e. The standard InChI is InChI=1S/C25H26F3N5O4S/c1-15(30-24(34)17-5-4-6-18(12-17)25(26,27)28)11-19(16(2)29-3)22-31-21-14-38(35,36)13-20(21)23(32-22)33-7-9-37-10-8-33/h4-6,11-12H,3,7-10,13-14H2,1-2H3,(H,30,34)/b15-11+,19-16+. The number of benzene rings is 1. The molecule has 38 heavy (non-hydrogen) atoms. The highest BCUT2D eigenvalue weighted by atomic mass is 32.2. The zero-order valence-electron chi connectivity index (χ0n) is 20.8. The molecule has 1 fully saturated rings. The second kappa shape index (κ2) is 10.7. The Morgan fingerprint density at radius 2 is 1.89 bits per heavy atom. The Morgan fingerprint density at radius 3 is 2.55 bits per heavy atom. The summed E-state index contributed by atoms with van der Waals surface area (Å²) in [5.74, 6) is -0.418. The minimum Gasteiger partial charge on any atom is -0.378 e. The van der Waals surface area contributed by atoms with Gasteiger partial charge in [0.1, 0.15) is 5.82 Å². The highest BCUT2D eigenvalue weighted by molar-refractivity contribution is 7.90. The van der Waals surface area contributed by atoms with Gasteiger partial charge >= 0.3 is 6.18 Å². The number of hydrogen-bond donors (Lipinski definition) is 1. The normalized spacial score (nSPS) is 18.0. The van der Waals surface area contributed by atoms with Crippen LogP contribution in [0.25, 0.3) is 5.57 Å². The fraction of sp³-hybridized carbons (Fsp3) is 0.360. The van der Waals surface area contributed by atoms with Crippen molar-refractivity contribution in [3.63, 3.8) is 0 Å². The molecule has 1 aromatic heterocycles. The zero-order valence-corrected chi connectivity index (χ0v) is 21.6. The average molecular weight is 550 g/mol. The van der Waals surface area contributed by atoms with E-state index in [0.717, 1.165) is 18.2 Å². The number of halogens is 3. The van der Waals surface area contributed by atoms with Gasteiger partial charge in [-0.2, -0.15) is 13.2 Å². The minimum absolute atomic E-state index is 0.158. The SMILES string of the molecule is C=N/C(C)=C(\C=C(/C)NC(=O)c1cccc(C(F)(F)F)c1)c1nc2c(c(N3CCOCC3)n1)CS(=O)(=O)C2. The Hall–Kier alpha value is -3.58. The third kappa shape index (κ3) is 6.10. The Labute approximate surface area is 218 Å². The van der Waals surface area contributed by atoms with Crippen molar-refractivity contribution in [2.75, 3.05) is 31.2 Å². The van der Waals surface area contributed by atoms with Gasteiger partial charge in [-0.3, -0.25) is 9.79 Å². The van der Waals surface area contributed by atoms with Crippen molar-refractivity contribution in [1.82, 2.24) is 15.3 Å². The maximum atomic E-state index is 13.1. The number of carbonyl (C=O) groups is 1. The number of nitrogens with one attached hydrogen (secondary N) is 1. The highest BCUT2D eigenvalue weighted by Gasteiger charge is 2.33. The molecule has 13 heteroatoms. The van der Waals surface area contributed by atoms with Crippen molar-refractivity contribution in [2.45, 2.75) is 31.5 Å². The van der Waals surface area contributed by atoms with E-state index < -0.39 is 27.5 Å². The fourth-order valence-corrected chi connectivity index (χ4v) is 5.67. The summed E-state index contributed by atoms with van der Waals surface area (Å²) in [5, 5.41) is 2.58. The molecule has 0 unspecified atom stereocenters. The molecule has 0 aliphatic carbocycles. The smallest absolute Gasteiger partial charge is 0.378 e. The van der Waals surface area contributed by atoms with Crippen LogP contribution in [0.15, 0.2) is 46.7 Å². The number of amides is 1. The Bertz CT molecular complexity index is 1450. The van der Waals surface area contributed by atoms with Crippen LogP contribution in [0, 0.1) is 0 Å². The van der Waals surface area contributed by atoms with Gasteiger partial charge < -0.3 is 15.0 Å². The number of ether oxygens (including phenoxy) is 1. The van der Waals surface area contributed by atoms with Gasteiger partial charge in [-0.25, -0.2) is 18.4 Å². The molecule has 202 valence electrons. The number of anilines is 1. The molecule has 1 amide bonds. The monoisotopic (exact) mass is 549 g/mol. The lowest BCUT2D eigenvalue weighted by Gasteiger charge is -2.29. The molecule has 1 saturated heterocycles. The number of carbonyl (C=O) groups excluding carboxylic acids is 1. The quantitative estimate of drug-likeness (QED) is 0.433. The molecule has 2 aliphatic rings. The molecule has 0 bridgehead atoms. The molecule has 2 aliphatic heterocycles. The van der Waals surface area contributed by atoms with Crippen molar-refractivity contribution in [2.24, 2.45) is 4.99 Å². The number of allylic oxidation sites excluding steroid dienone is 4. The van der Waals surface area contributed by atoms with E-state index in [9.17, 15) is 26.4 Å². The molecule has 3 heterocycles. The molecule has 9 nitrogen and oxygen atoms in total. The van der Waals surface area contributed by atoms with Crippen molar-refractivity contribution >= 4 is 33.9 Å². The van der Waals surface area contributed by atoms with Crippen LogP contribution in [0.4, 0.5) is 19.0 Å².